The van der Waals surface area contributed by atoms with Crippen molar-refractivity contribution < 1.29 is 0 Å². The summed E-state index contributed by atoms with van der Waals surface area (Å²) < 4.78 is 0. The number of fused-ring (bicyclic) bond motifs is 2. The van der Waals surface area contributed by atoms with Gasteiger partial charge in [0.25, 0.3) is 0 Å². The number of likely N-dealkylation sites (N-methyl/N-ethyl adjacent to an activating group) is 1. The van der Waals surface area contributed by atoms with E-state index in [9.17, 15) is 0 Å². The van der Waals surface area contributed by atoms with E-state index in [1.807, 2.05) is 12.1 Å². The van der Waals surface area contributed by atoms with Gasteiger partial charge in [0, 0.05) is 25.2 Å². The number of rotatable bonds is 1. The van der Waals surface area contributed by atoms with Gasteiger partial charge in [-0.1, -0.05) is 12.1 Å². The molecule has 0 amide bonds. The highest BCUT2D eigenvalue weighted by Gasteiger charge is 2.42. The van der Waals surface area contributed by atoms with Crippen molar-refractivity contribution in [1.82, 2.24) is 4.90 Å². The van der Waals surface area contributed by atoms with Gasteiger partial charge >= 0.3 is 0 Å². The Morgan fingerprint density at radius 2 is 1.87 bits per heavy atom. The summed E-state index contributed by atoms with van der Waals surface area (Å²) in [5.41, 5.74) is 8.10. The van der Waals surface area contributed by atoms with Crippen molar-refractivity contribution in [1.29, 1.82) is 0 Å². The molecule has 2 unspecified atom stereocenters. The largest absolute Gasteiger partial charge is 0.397 e. The Hall–Kier alpha value is -1.22. The zero-order valence-electron chi connectivity index (χ0n) is 9.06. The highest BCUT2D eigenvalue weighted by Crippen LogP contribution is 2.34. The summed E-state index contributed by atoms with van der Waals surface area (Å²) in [6, 6.07) is 9.65. The minimum Gasteiger partial charge on any atom is -0.397 e. The number of benzene rings is 1. The fourth-order valence-electron chi connectivity index (χ4n) is 2.77. The first-order chi connectivity index (χ1) is 7.25. The third-order valence-corrected chi connectivity index (χ3v) is 3.84. The van der Waals surface area contributed by atoms with Crippen molar-refractivity contribution in [2.45, 2.75) is 18.5 Å². The zero-order valence-corrected chi connectivity index (χ0v) is 9.06. The van der Waals surface area contributed by atoms with E-state index in [0.29, 0.717) is 0 Å². The van der Waals surface area contributed by atoms with Gasteiger partial charge in [0.2, 0.25) is 0 Å². The van der Waals surface area contributed by atoms with Gasteiger partial charge in [-0.25, -0.2) is 0 Å². The lowest BCUT2D eigenvalue weighted by Crippen LogP contribution is -2.67. The Morgan fingerprint density at radius 3 is 2.47 bits per heavy atom. The third-order valence-electron chi connectivity index (χ3n) is 3.84. The molecule has 2 N–H and O–H groups in total. The van der Waals surface area contributed by atoms with E-state index < -0.39 is 0 Å². The molecule has 0 radical (unpaired) electrons. The van der Waals surface area contributed by atoms with E-state index >= 15 is 0 Å². The highest BCUT2D eigenvalue weighted by atomic mass is 15.3. The van der Waals surface area contributed by atoms with Crippen LogP contribution in [-0.2, 0) is 0 Å². The highest BCUT2D eigenvalue weighted by molar-refractivity contribution is 5.67. The van der Waals surface area contributed by atoms with Gasteiger partial charge in [0.15, 0.2) is 0 Å². The maximum Gasteiger partial charge on any atom is 0.0601 e. The second-order valence-corrected chi connectivity index (χ2v) is 4.67. The van der Waals surface area contributed by atoms with E-state index in [1.54, 1.807) is 0 Å². The van der Waals surface area contributed by atoms with Gasteiger partial charge in [-0.2, -0.15) is 0 Å². The van der Waals surface area contributed by atoms with Crippen LogP contribution in [0.5, 0.6) is 0 Å². The Morgan fingerprint density at radius 1 is 1.20 bits per heavy atom. The molecule has 3 heteroatoms. The smallest absolute Gasteiger partial charge is 0.0601 e. The molecule has 0 spiro atoms. The number of piperidine rings is 1. The molecule has 1 aromatic rings. The first-order valence-electron chi connectivity index (χ1n) is 5.57. The van der Waals surface area contributed by atoms with Crippen LogP contribution in [0.2, 0.25) is 0 Å². The summed E-state index contributed by atoms with van der Waals surface area (Å²) in [6.45, 7) is 2.25. The lowest BCUT2D eigenvalue weighted by molar-refractivity contribution is 0.0264. The van der Waals surface area contributed by atoms with Crippen LogP contribution in [0.3, 0.4) is 0 Å². The number of anilines is 2. The van der Waals surface area contributed by atoms with Crippen molar-refractivity contribution in [3.8, 4) is 0 Å². The third kappa shape index (κ3) is 1.30. The molecule has 0 aliphatic carbocycles. The molecular weight excluding hydrogens is 186 g/mol. The number of piperazine rings is 1. The Labute approximate surface area is 90.5 Å². The number of nitrogens with zero attached hydrogens (tertiary/aromatic N) is 2. The molecule has 15 heavy (non-hydrogen) atoms. The molecular formula is C12H17N3. The van der Waals surface area contributed by atoms with E-state index in [-0.39, 0.29) is 0 Å². The molecule has 3 heterocycles. The number of para-hydroxylation sites is 2. The first-order valence-corrected chi connectivity index (χ1v) is 5.57. The zero-order chi connectivity index (χ0) is 10.4. The number of nitrogen functional groups attached to an aromatic ring is 1. The van der Waals surface area contributed by atoms with Crippen molar-refractivity contribution in [2.24, 2.45) is 0 Å². The normalized spacial score (nSPS) is 30.1. The van der Waals surface area contributed by atoms with E-state index in [4.69, 9.17) is 5.73 Å². The SMILES string of the molecule is CN1C2CC1CN(c1ccccc1N)C2. The maximum atomic E-state index is 5.99. The predicted molar refractivity (Wildman–Crippen MR) is 63.0 cm³/mol. The monoisotopic (exact) mass is 203 g/mol. The Bertz CT molecular complexity index is 365. The topological polar surface area (TPSA) is 32.5 Å². The van der Waals surface area contributed by atoms with Gasteiger partial charge in [-0.3, -0.25) is 4.90 Å². The summed E-state index contributed by atoms with van der Waals surface area (Å²) in [7, 11) is 2.23. The first kappa shape index (κ1) is 9.04. The van der Waals surface area contributed by atoms with E-state index in [2.05, 4.69) is 29.0 Å². The number of nitrogens with two attached hydrogens (primary N) is 1. The van der Waals surface area contributed by atoms with Crippen LogP contribution in [0, 0.1) is 0 Å². The summed E-state index contributed by atoms with van der Waals surface area (Å²) in [6.07, 6.45) is 1.36. The Kier molecular flexibility index (Phi) is 1.89. The van der Waals surface area contributed by atoms with Crippen LogP contribution >= 0.6 is 0 Å². The Balaban J connectivity index is 1.83. The van der Waals surface area contributed by atoms with Gasteiger partial charge in [-0.15, -0.1) is 0 Å². The molecule has 3 fully saturated rings. The van der Waals surface area contributed by atoms with Gasteiger partial charge in [0.05, 0.1) is 11.4 Å². The molecule has 3 nitrogen and oxygen atoms in total. The summed E-state index contributed by atoms with van der Waals surface area (Å²) in [4.78, 5) is 4.91. The van der Waals surface area contributed by atoms with E-state index in [1.165, 1.54) is 12.1 Å². The molecule has 2 bridgehead atoms. The van der Waals surface area contributed by atoms with Crippen molar-refractivity contribution in [2.75, 3.05) is 30.8 Å². The number of hydrogen-bond donors (Lipinski definition) is 1. The van der Waals surface area contributed by atoms with Crippen molar-refractivity contribution in [3.05, 3.63) is 24.3 Å². The molecule has 80 valence electrons. The van der Waals surface area contributed by atoms with Crippen LogP contribution in [0.25, 0.3) is 0 Å². The second kappa shape index (κ2) is 3.14. The van der Waals surface area contributed by atoms with Gasteiger partial charge in [0.1, 0.15) is 0 Å². The average Bonchev–Trinajstić information content (AvgIpc) is 2.29. The number of hydrogen-bond acceptors (Lipinski definition) is 3. The average molecular weight is 203 g/mol. The predicted octanol–water partition coefficient (Wildman–Crippen LogP) is 1.16. The fraction of sp³-hybridized carbons (Fsp3) is 0.500. The van der Waals surface area contributed by atoms with Crippen molar-refractivity contribution in [3.63, 3.8) is 0 Å². The molecule has 2 atom stereocenters. The molecule has 3 aliphatic rings. The van der Waals surface area contributed by atoms with Crippen LogP contribution < -0.4 is 10.6 Å². The molecule has 0 aromatic heterocycles. The minimum absolute atomic E-state index is 0.739. The minimum atomic E-state index is 0.739. The quantitative estimate of drug-likeness (QED) is 0.695. The molecule has 3 saturated heterocycles. The fourth-order valence-corrected chi connectivity index (χ4v) is 2.77. The van der Waals surface area contributed by atoms with Gasteiger partial charge in [-0.05, 0) is 25.6 Å². The van der Waals surface area contributed by atoms with Crippen LogP contribution in [0.4, 0.5) is 11.4 Å². The van der Waals surface area contributed by atoms with E-state index in [0.717, 1.165) is 30.9 Å². The summed E-state index contributed by atoms with van der Waals surface area (Å²) in [5, 5.41) is 0. The standard InChI is InChI=1S/C12H17N3/c1-14-9-6-10(14)8-15(7-9)12-5-3-2-4-11(12)13/h2-5,9-10H,6-8,13H2,1H3. The van der Waals surface area contributed by atoms with Crippen LogP contribution in [0.1, 0.15) is 6.42 Å². The molecule has 4 rings (SSSR count). The van der Waals surface area contributed by atoms with Crippen LogP contribution in [-0.4, -0.2) is 37.1 Å². The maximum absolute atomic E-state index is 5.99. The van der Waals surface area contributed by atoms with Crippen molar-refractivity contribution >= 4 is 11.4 Å². The molecule has 3 aliphatic heterocycles. The second-order valence-electron chi connectivity index (χ2n) is 4.67. The lowest BCUT2D eigenvalue weighted by atomic mass is 9.88. The molecule has 0 saturated carbocycles. The van der Waals surface area contributed by atoms with Gasteiger partial charge < -0.3 is 10.6 Å². The summed E-state index contributed by atoms with van der Waals surface area (Å²) in [5.74, 6) is 0. The lowest BCUT2D eigenvalue weighted by Gasteiger charge is -2.55. The van der Waals surface area contributed by atoms with Crippen LogP contribution in [0.15, 0.2) is 24.3 Å². The molecule has 1 aromatic carbocycles. The summed E-state index contributed by atoms with van der Waals surface area (Å²) >= 11 is 0.